The summed E-state index contributed by atoms with van der Waals surface area (Å²) in [7, 11) is -3.33. The third-order valence-corrected chi connectivity index (χ3v) is 4.25. The fraction of sp³-hybridized carbons (Fsp3) is 0.250. The summed E-state index contributed by atoms with van der Waals surface area (Å²) < 4.78 is 59.8. The fourth-order valence-electron chi connectivity index (χ4n) is 1.66. The molecule has 0 unspecified atom stereocenters. The van der Waals surface area contributed by atoms with Gasteiger partial charge in [-0.1, -0.05) is 12.1 Å². The third kappa shape index (κ3) is 2.73. The van der Waals surface area contributed by atoms with E-state index < -0.39 is 22.3 Å². The third-order valence-electron chi connectivity index (χ3n) is 2.44. The number of hydrogen-bond acceptors (Lipinski definition) is 2. The van der Waals surface area contributed by atoms with Crippen LogP contribution < -0.4 is 56.8 Å². The van der Waals surface area contributed by atoms with Crippen LogP contribution in [0.5, 0.6) is 0 Å². The van der Waals surface area contributed by atoms with Crippen LogP contribution in [0.1, 0.15) is 5.56 Å². The Balaban J connectivity index is 0.00000128. The summed E-state index contributed by atoms with van der Waals surface area (Å²) in [6, 6.07) is 2.84. The molecular formula is C8H7BF3KO2S. The minimum Gasteiger partial charge on any atom is -0.445 e. The predicted octanol–water partition coefficient (Wildman–Crippen LogP) is -1.93. The summed E-state index contributed by atoms with van der Waals surface area (Å²) in [4.78, 5) is 0.0475. The molecule has 1 heterocycles. The number of rotatable bonds is 1. The molecule has 0 aliphatic carbocycles. The molecule has 1 aromatic rings. The summed E-state index contributed by atoms with van der Waals surface area (Å²) in [6.45, 7) is -5.05. The zero-order valence-electron chi connectivity index (χ0n) is 8.58. The van der Waals surface area contributed by atoms with E-state index in [1.165, 1.54) is 0 Å². The van der Waals surface area contributed by atoms with Crippen LogP contribution in [0.25, 0.3) is 0 Å². The molecule has 2 rings (SSSR count). The Bertz CT molecular complexity index is 513. The average molecular weight is 274 g/mol. The average Bonchev–Trinajstić information content (AvgIpc) is 2.41. The van der Waals surface area contributed by atoms with Crippen LogP contribution in [0.2, 0.25) is 0 Å². The van der Waals surface area contributed by atoms with Crippen molar-refractivity contribution in [2.75, 3.05) is 5.75 Å². The number of aryl methyl sites for hydroxylation is 1. The normalized spacial score (nSPS) is 17.7. The first-order valence-corrected chi connectivity index (χ1v) is 6.01. The molecule has 0 saturated carbocycles. The molecule has 0 spiro atoms. The van der Waals surface area contributed by atoms with Gasteiger partial charge in [0, 0.05) is 0 Å². The van der Waals surface area contributed by atoms with Gasteiger partial charge in [0.15, 0.2) is 9.84 Å². The number of benzene rings is 1. The van der Waals surface area contributed by atoms with Crippen LogP contribution in [-0.4, -0.2) is 21.1 Å². The molecular weight excluding hydrogens is 267 g/mol. The maximum absolute atomic E-state index is 12.4. The van der Waals surface area contributed by atoms with Gasteiger partial charge in [0.1, 0.15) is 0 Å². The molecule has 2 nitrogen and oxygen atoms in total. The monoisotopic (exact) mass is 274 g/mol. The smallest absolute Gasteiger partial charge is 0.445 e. The van der Waals surface area contributed by atoms with Crippen molar-refractivity contribution in [3.8, 4) is 0 Å². The molecule has 16 heavy (non-hydrogen) atoms. The second-order valence-electron chi connectivity index (χ2n) is 3.51. The quantitative estimate of drug-likeness (QED) is 0.559. The van der Waals surface area contributed by atoms with E-state index in [0.29, 0.717) is 0 Å². The van der Waals surface area contributed by atoms with Crippen LogP contribution in [0.3, 0.4) is 0 Å². The van der Waals surface area contributed by atoms with Crippen LogP contribution >= 0.6 is 0 Å². The van der Waals surface area contributed by atoms with Gasteiger partial charge in [0.05, 0.1) is 10.6 Å². The Morgan fingerprint density at radius 2 is 1.81 bits per heavy atom. The zero-order chi connectivity index (χ0) is 11.3. The summed E-state index contributed by atoms with van der Waals surface area (Å²) in [5, 5.41) is 0. The number of sulfone groups is 1. The molecule has 8 heteroatoms. The maximum atomic E-state index is 12.4. The Morgan fingerprint density at radius 3 is 2.38 bits per heavy atom. The van der Waals surface area contributed by atoms with Crippen LogP contribution in [0.15, 0.2) is 23.1 Å². The molecule has 0 bridgehead atoms. The van der Waals surface area contributed by atoms with Gasteiger partial charge in [0.2, 0.25) is 0 Å². The Morgan fingerprint density at radius 1 is 1.19 bits per heavy atom. The fourth-order valence-corrected chi connectivity index (χ4v) is 3.20. The molecule has 1 aromatic carbocycles. The number of hydrogen-bond donors (Lipinski definition) is 0. The topological polar surface area (TPSA) is 34.1 Å². The van der Waals surface area contributed by atoms with Gasteiger partial charge < -0.3 is 12.9 Å². The van der Waals surface area contributed by atoms with E-state index in [2.05, 4.69) is 0 Å². The molecule has 1 aliphatic heterocycles. The number of halogens is 3. The van der Waals surface area contributed by atoms with E-state index in [1.807, 2.05) is 0 Å². The first-order chi connectivity index (χ1) is 6.81. The zero-order valence-corrected chi connectivity index (χ0v) is 12.5. The standard InChI is InChI=1S/C8H7BF3O2S.K/c10-9(11,12)7-1-2-8-6(5-7)3-4-15(8,13)14;/h1-2,5H,3-4H2;/q-1;+1. The van der Waals surface area contributed by atoms with Gasteiger partial charge in [-0.05, 0) is 18.1 Å². The van der Waals surface area contributed by atoms with Crippen molar-refractivity contribution in [1.82, 2.24) is 0 Å². The van der Waals surface area contributed by atoms with Gasteiger partial charge in [-0.3, -0.25) is 0 Å². The molecule has 0 fully saturated rings. The van der Waals surface area contributed by atoms with E-state index in [0.717, 1.165) is 18.2 Å². The van der Waals surface area contributed by atoms with Gasteiger partial charge in [-0.2, -0.15) is 0 Å². The molecule has 82 valence electrons. The molecule has 0 atom stereocenters. The van der Waals surface area contributed by atoms with Gasteiger partial charge >= 0.3 is 58.4 Å². The van der Waals surface area contributed by atoms with E-state index >= 15 is 0 Å². The van der Waals surface area contributed by atoms with E-state index in [9.17, 15) is 21.4 Å². The second kappa shape index (κ2) is 4.74. The van der Waals surface area contributed by atoms with Crippen molar-refractivity contribution in [3.05, 3.63) is 23.8 Å². The van der Waals surface area contributed by atoms with E-state index in [1.54, 1.807) is 0 Å². The Hall–Kier alpha value is 0.661. The second-order valence-corrected chi connectivity index (χ2v) is 5.59. The molecule has 0 amide bonds. The first kappa shape index (κ1) is 14.7. The molecule has 0 saturated heterocycles. The number of fused-ring (bicyclic) bond motifs is 1. The Kier molecular flexibility index (Phi) is 4.36. The van der Waals surface area contributed by atoms with Crippen molar-refractivity contribution < 1.29 is 72.7 Å². The largest absolute Gasteiger partial charge is 1.00 e. The Labute approximate surface area is 134 Å². The van der Waals surface area contributed by atoms with Crippen LogP contribution in [0, 0.1) is 0 Å². The molecule has 0 aromatic heterocycles. The van der Waals surface area contributed by atoms with Gasteiger partial charge in [-0.25, -0.2) is 8.42 Å². The summed E-state index contributed by atoms with van der Waals surface area (Å²) in [5.41, 5.74) is -0.447. The first-order valence-electron chi connectivity index (χ1n) is 4.36. The minimum absolute atomic E-state index is 0. The predicted molar refractivity (Wildman–Crippen MR) is 50.9 cm³/mol. The summed E-state index contributed by atoms with van der Waals surface area (Å²) >= 11 is 0. The molecule has 0 N–H and O–H groups in total. The van der Waals surface area contributed by atoms with Crippen molar-refractivity contribution in [1.29, 1.82) is 0 Å². The van der Waals surface area contributed by atoms with Gasteiger partial charge in [-0.15, -0.1) is 5.46 Å². The van der Waals surface area contributed by atoms with E-state index in [4.69, 9.17) is 0 Å². The molecule has 0 radical (unpaired) electrons. The van der Waals surface area contributed by atoms with Crippen molar-refractivity contribution >= 4 is 22.3 Å². The minimum atomic E-state index is -5.05. The van der Waals surface area contributed by atoms with Crippen molar-refractivity contribution in [3.63, 3.8) is 0 Å². The SMILES string of the molecule is O=S1(=O)CCc2cc([B-](F)(F)F)ccc21.[K+]. The maximum Gasteiger partial charge on any atom is 1.00 e. The van der Waals surface area contributed by atoms with Crippen molar-refractivity contribution in [2.24, 2.45) is 0 Å². The summed E-state index contributed by atoms with van der Waals surface area (Å²) in [5.74, 6) is -0.0867. The van der Waals surface area contributed by atoms with Crippen molar-refractivity contribution in [2.45, 2.75) is 11.3 Å². The molecule has 1 aliphatic rings. The van der Waals surface area contributed by atoms with Crippen LogP contribution in [-0.2, 0) is 16.3 Å². The van der Waals surface area contributed by atoms with E-state index in [-0.39, 0.29) is 74.0 Å². The van der Waals surface area contributed by atoms with Crippen LogP contribution in [0.4, 0.5) is 12.9 Å². The van der Waals surface area contributed by atoms with Gasteiger partial charge in [0.25, 0.3) is 0 Å². The summed E-state index contributed by atoms with van der Waals surface area (Å²) in [6.07, 6.45) is 0.178.